The van der Waals surface area contributed by atoms with Crippen molar-refractivity contribution in [3.63, 3.8) is 0 Å². The molecule has 7 nitrogen and oxygen atoms in total. The van der Waals surface area contributed by atoms with Crippen molar-refractivity contribution < 1.29 is 9.34 Å². The lowest BCUT2D eigenvalue weighted by Crippen LogP contribution is -2.22. The van der Waals surface area contributed by atoms with E-state index < -0.39 is 4.92 Å². The summed E-state index contributed by atoms with van der Waals surface area (Å²) >= 11 is 1.30. The van der Waals surface area contributed by atoms with E-state index in [2.05, 4.69) is 4.98 Å². The molecule has 126 valence electrons. The molecule has 0 bridgehead atoms. The lowest BCUT2D eigenvalue weighted by atomic mass is 10.2. The summed E-state index contributed by atoms with van der Waals surface area (Å²) in [6, 6.07) is 10.3. The first-order valence-electron chi connectivity index (χ1n) is 7.72. The molecule has 1 aromatic carbocycles. The van der Waals surface area contributed by atoms with E-state index in [0.29, 0.717) is 21.8 Å². The third kappa shape index (κ3) is 3.08. The number of fused-ring (bicyclic) bond motifs is 1. The van der Waals surface area contributed by atoms with Crippen LogP contribution in [0, 0.1) is 10.1 Å². The Hall–Kier alpha value is -2.87. The molecule has 0 radical (unpaired) electrons. The number of hydrogen-bond donors (Lipinski definition) is 0. The number of hydrogen-bond acceptors (Lipinski definition) is 6. The van der Waals surface area contributed by atoms with Crippen LogP contribution in [0.5, 0.6) is 0 Å². The molecule has 1 saturated carbocycles. The van der Waals surface area contributed by atoms with Crippen molar-refractivity contribution in [2.45, 2.75) is 24.0 Å². The Morgan fingerprint density at radius 1 is 1.28 bits per heavy atom. The second-order valence-corrected chi connectivity index (χ2v) is 6.54. The van der Waals surface area contributed by atoms with Gasteiger partial charge in [0.05, 0.1) is 17.0 Å². The summed E-state index contributed by atoms with van der Waals surface area (Å²) in [5, 5.41) is 13.6. The highest BCUT2D eigenvalue weighted by Crippen LogP contribution is 2.37. The molecule has 1 fully saturated rings. The van der Waals surface area contributed by atoms with Crippen LogP contribution in [-0.2, 0) is 0 Å². The zero-order chi connectivity index (χ0) is 17.4. The summed E-state index contributed by atoms with van der Waals surface area (Å²) < 4.78 is 6.82. The lowest BCUT2D eigenvalue weighted by Gasteiger charge is -2.10. The Balaban J connectivity index is 1.66. The van der Waals surface area contributed by atoms with E-state index in [-0.39, 0.29) is 17.5 Å². The minimum atomic E-state index is -0.583. The summed E-state index contributed by atoms with van der Waals surface area (Å²) in [7, 11) is 0. The zero-order valence-electron chi connectivity index (χ0n) is 13.0. The van der Waals surface area contributed by atoms with Crippen LogP contribution in [0.1, 0.15) is 24.6 Å². The Morgan fingerprint density at radius 2 is 2.08 bits per heavy atom. The van der Waals surface area contributed by atoms with Gasteiger partial charge in [0.1, 0.15) is 10.7 Å². The van der Waals surface area contributed by atoms with Crippen molar-refractivity contribution in [1.82, 2.24) is 9.55 Å². The van der Waals surface area contributed by atoms with Crippen molar-refractivity contribution >= 4 is 34.6 Å². The van der Waals surface area contributed by atoms with Gasteiger partial charge < -0.3 is 4.42 Å². The van der Waals surface area contributed by atoms with Gasteiger partial charge in [-0.15, -0.1) is 0 Å². The number of nitrogens with zero attached hydrogens (tertiary/aromatic N) is 3. The van der Waals surface area contributed by atoms with Gasteiger partial charge in [0, 0.05) is 6.04 Å². The van der Waals surface area contributed by atoms with Crippen LogP contribution in [0.2, 0.25) is 0 Å². The molecule has 25 heavy (non-hydrogen) atoms. The topological polar surface area (TPSA) is 91.2 Å². The highest BCUT2D eigenvalue weighted by atomic mass is 32.2. The highest BCUT2D eigenvalue weighted by molar-refractivity contribution is 8.02. The predicted octanol–water partition coefficient (Wildman–Crippen LogP) is 4.00. The third-order valence-corrected chi connectivity index (χ3v) is 4.66. The lowest BCUT2D eigenvalue weighted by molar-refractivity contribution is -0.402. The molecular weight excluding hydrogens is 342 g/mol. The fraction of sp³-hybridized carbons (Fsp3) is 0.176. The number of nitro groups is 1. The maximum Gasteiger partial charge on any atom is 0.433 e. The summed E-state index contributed by atoms with van der Waals surface area (Å²) in [5.74, 6) is 0.0728. The molecule has 0 amide bonds. The van der Waals surface area contributed by atoms with Gasteiger partial charge in [-0.05, 0) is 42.5 Å². The fourth-order valence-corrected chi connectivity index (χ4v) is 3.38. The Labute approximate surface area is 146 Å². The van der Waals surface area contributed by atoms with Crippen LogP contribution in [0.4, 0.5) is 5.88 Å². The normalized spacial score (nSPS) is 14.4. The molecule has 2 aromatic heterocycles. The molecule has 0 spiro atoms. The second-order valence-electron chi connectivity index (χ2n) is 5.67. The number of para-hydroxylation sites is 1. The van der Waals surface area contributed by atoms with Gasteiger partial charge >= 0.3 is 5.88 Å². The van der Waals surface area contributed by atoms with Gasteiger partial charge in [-0.1, -0.05) is 23.9 Å². The third-order valence-electron chi connectivity index (χ3n) is 3.89. The number of benzene rings is 1. The monoisotopic (exact) mass is 355 g/mol. The van der Waals surface area contributed by atoms with E-state index in [9.17, 15) is 14.9 Å². The van der Waals surface area contributed by atoms with E-state index >= 15 is 0 Å². The molecule has 8 heteroatoms. The maximum atomic E-state index is 12.7. The zero-order valence-corrected chi connectivity index (χ0v) is 13.8. The fourth-order valence-electron chi connectivity index (χ4n) is 2.56. The van der Waals surface area contributed by atoms with Crippen LogP contribution in [0.3, 0.4) is 0 Å². The Kier molecular flexibility index (Phi) is 3.89. The van der Waals surface area contributed by atoms with Gasteiger partial charge in [0.2, 0.25) is 0 Å². The van der Waals surface area contributed by atoms with Crippen molar-refractivity contribution in [3.8, 4) is 0 Å². The van der Waals surface area contributed by atoms with Crippen molar-refractivity contribution in [1.29, 1.82) is 0 Å². The van der Waals surface area contributed by atoms with Crippen LogP contribution in [0.15, 0.2) is 56.2 Å². The van der Waals surface area contributed by atoms with Crippen molar-refractivity contribution in [3.05, 3.63) is 68.0 Å². The molecule has 4 rings (SSSR count). The SMILES string of the molecule is O=c1c2ccccc2nc(S/C=C/c2ccc([N+](=O)[O-])o2)n1C1CC1. The van der Waals surface area contributed by atoms with E-state index in [4.69, 9.17) is 4.42 Å². The minimum Gasteiger partial charge on any atom is -0.401 e. The molecule has 1 aliphatic carbocycles. The van der Waals surface area contributed by atoms with E-state index in [1.807, 2.05) is 18.2 Å². The van der Waals surface area contributed by atoms with E-state index in [0.717, 1.165) is 12.8 Å². The number of furan rings is 1. The molecule has 0 aliphatic heterocycles. The predicted molar refractivity (Wildman–Crippen MR) is 94.5 cm³/mol. The highest BCUT2D eigenvalue weighted by Gasteiger charge is 2.28. The van der Waals surface area contributed by atoms with Gasteiger partial charge in [-0.25, -0.2) is 4.98 Å². The summed E-state index contributed by atoms with van der Waals surface area (Å²) in [6.07, 6.45) is 3.57. The molecule has 0 unspecified atom stereocenters. The average molecular weight is 355 g/mol. The second kappa shape index (κ2) is 6.21. The number of aromatic nitrogens is 2. The average Bonchev–Trinajstić information content (AvgIpc) is 3.31. The van der Waals surface area contributed by atoms with Crippen LogP contribution >= 0.6 is 11.8 Å². The Bertz CT molecular complexity index is 1050. The molecule has 3 aromatic rings. The van der Waals surface area contributed by atoms with Crippen LogP contribution in [0.25, 0.3) is 17.0 Å². The number of thioether (sulfide) groups is 1. The largest absolute Gasteiger partial charge is 0.433 e. The summed E-state index contributed by atoms with van der Waals surface area (Å²) in [6.45, 7) is 0. The molecule has 0 saturated heterocycles. The van der Waals surface area contributed by atoms with Crippen LogP contribution < -0.4 is 5.56 Å². The smallest absolute Gasteiger partial charge is 0.401 e. The van der Waals surface area contributed by atoms with Crippen molar-refractivity contribution in [2.24, 2.45) is 0 Å². The van der Waals surface area contributed by atoms with Crippen molar-refractivity contribution in [2.75, 3.05) is 0 Å². The maximum absolute atomic E-state index is 12.7. The van der Waals surface area contributed by atoms with Gasteiger partial charge in [0.25, 0.3) is 5.56 Å². The van der Waals surface area contributed by atoms with Crippen LogP contribution in [-0.4, -0.2) is 14.5 Å². The van der Waals surface area contributed by atoms with E-state index in [1.54, 1.807) is 22.1 Å². The van der Waals surface area contributed by atoms with Gasteiger partial charge in [-0.2, -0.15) is 0 Å². The first kappa shape index (κ1) is 15.6. The quantitative estimate of drug-likeness (QED) is 0.297. The first-order chi connectivity index (χ1) is 12.1. The summed E-state index contributed by atoms with van der Waals surface area (Å²) in [5.41, 5.74) is 0.631. The molecule has 1 aliphatic rings. The molecule has 2 heterocycles. The van der Waals surface area contributed by atoms with Gasteiger partial charge in [0.15, 0.2) is 5.16 Å². The number of rotatable bonds is 5. The first-order valence-corrected chi connectivity index (χ1v) is 8.60. The van der Waals surface area contributed by atoms with E-state index in [1.165, 1.54) is 23.9 Å². The molecule has 0 N–H and O–H groups in total. The Morgan fingerprint density at radius 3 is 2.80 bits per heavy atom. The van der Waals surface area contributed by atoms with Gasteiger partial charge in [-0.3, -0.25) is 19.5 Å². The minimum absolute atomic E-state index is 0.0300. The molecular formula is C17H13N3O4S. The molecule has 0 atom stereocenters. The standard InChI is InChI=1S/C17H13N3O4S/c21-16-13-3-1-2-4-14(13)18-17(19(16)11-5-6-11)25-10-9-12-7-8-15(24-12)20(22)23/h1-4,7-11H,5-6H2/b10-9+. The summed E-state index contributed by atoms with van der Waals surface area (Å²) in [4.78, 5) is 27.4.